The first-order chi connectivity index (χ1) is 16.2. The normalized spacial score (nSPS) is 26.1. The summed E-state index contributed by atoms with van der Waals surface area (Å²) in [5.74, 6) is 0.0487. The molecule has 0 bridgehead atoms. The maximum atomic E-state index is 15.2. The van der Waals surface area contributed by atoms with Crippen molar-refractivity contribution in [2.45, 2.75) is 58.2 Å². The van der Waals surface area contributed by atoms with Crippen LogP contribution in [0.1, 0.15) is 51.8 Å². The molecule has 3 atom stereocenters. The van der Waals surface area contributed by atoms with Crippen molar-refractivity contribution in [3.8, 4) is 0 Å². The highest BCUT2D eigenvalue weighted by Crippen LogP contribution is 2.47. The number of likely N-dealkylation sites (N-methyl/N-ethyl adjacent to an activating group) is 1. The average Bonchev–Trinajstić information content (AvgIpc) is 3.07. The van der Waals surface area contributed by atoms with Crippen LogP contribution >= 0.6 is 0 Å². The van der Waals surface area contributed by atoms with E-state index in [2.05, 4.69) is 41.4 Å². The average molecular weight is 465 g/mol. The van der Waals surface area contributed by atoms with Crippen molar-refractivity contribution in [1.29, 1.82) is 0 Å². The molecule has 0 radical (unpaired) electrons. The van der Waals surface area contributed by atoms with Gasteiger partial charge in [-0.15, -0.1) is 0 Å². The summed E-state index contributed by atoms with van der Waals surface area (Å²) in [6.07, 6.45) is 9.06. The van der Waals surface area contributed by atoms with Crippen LogP contribution in [0.15, 0.2) is 53.4 Å². The quantitative estimate of drug-likeness (QED) is 0.633. The van der Waals surface area contributed by atoms with Gasteiger partial charge < -0.3 is 19.9 Å². The van der Waals surface area contributed by atoms with E-state index in [4.69, 9.17) is 4.74 Å². The molecule has 34 heavy (non-hydrogen) atoms. The summed E-state index contributed by atoms with van der Waals surface area (Å²) in [6.45, 7) is 9.02. The number of hydrogen-bond acceptors (Lipinski definition) is 5. The van der Waals surface area contributed by atoms with Crippen molar-refractivity contribution in [2.75, 3.05) is 20.1 Å². The van der Waals surface area contributed by atoms with Gasteiger partial charge in [0.05, 0.1) is 23.5 Å². The fourth-order valence-corrected chi connectivity index (χ4v) is 5.68. The Labute approximate surface area is 200 Å². The summed E-state index contributed by atoms with van der Waals surface area (Å²) in [6, 6.07) is 3.80. The Morgan fingerprint density at radius 3 is 2.82 bits per heavy atom. The van der Waals surface area contributed by atoms with Gasteiger partial charge in [0.25, 0.3) is 0 Å². The standard InChI is InChI=1S/C27H33FN4O2/c1-6-18-22(16-9-12-32(13-10-16)26(33)34-27(2,3)4)30-24-21-17(15-31(5)25(18)21)14-20(28)19-8-7-11-29-23(19)24/h7-9,11,14-15,18,22,25,30H,6,10,12-13H2,1-5H3/t18?,22-,25?/m1/s1. The van der Waals surface area contributed by atoms with E-state index in [-0.39, 0.29) is 24.0 Å². The van der Waals surface area contributed by atoms with E-state index in [9.17, 15) is 4.79 Å². The second-order valence-electron chi connectivity index (χ2n) is 10.5. The first kappa shape index (κ1) is 22.7. The second kappa shape index (κ2) is 8.29. The van der Waals surface area contributed by atoms with E-state index >= 15 is 4.39 Å². The van der Waals surface area contributed by atoms with Gasteiger partial charge in [-0.1, -0.05) is 13.0 Å². The van der Waals surface area contributed by atoms with Gasteiger partial charge in [0.15, 0.2) is 0 Å². The Morgan fingerprint density at radius 1 is 1.35 bits per heavy atom. The van der Waals surface area contributed by atoms with E-state index in [0.29, 0.717) is 30.3 Å². The van der Waals surface area contributed by atoms with Gasteiger partial charge in [0.1, 0.15) is 11.4 Å². The number of ether oxygens (including phenoxy) is 1. The van der Waals surface area contributed by atoms with E-state index in [1.165, 1.54) is 5.57 Å². The molecule has 1 N–H and O–H groups in total. The van der Waals surface area contributed by atoms with Crippen molar-refractivity contribution < 1.29 is 13.9 Å². The van der Waals surface area contributed by atoms with Crippen LogP contribution in [0.25, 0.3) is 11.5 Å². The molecule has 180 valence electrons. The van der Waals surface area contributed by atoms with Gasteiger partial charge in [-0.3, -0.25) is 4.98 Å². The fourth-order valence-electron chi connectivity index (χ4n) is 5.68. The molecular formula is C27H33FN4O2. The van der Waals surface area contributed by atoms with Crippen LogP contribution in [0.2, 0.25) is 0 Å². The number of rotatable bonds is 2. The predicted molar refractivity (Wildman–Crippen MR) is 131 cm³/mol. The highest BCUT2D eigenvalue weighted by atomic mass is 19.1. The van der Waals surface area contributed by atoms with Crippen molar-refractivity contribution in [3.63, 3.8) is 0 Å². The summed E-state index contributed by atoms with van der Waals surface area (Å²) in [7, 11) is 2.08. The van der Waals surface area contributed by atoms with E-state index < -0.39 is 5.60 Å². The minimum Gasteiger partial charge on any atom is -0.444 e. The van der Waals surface area contributed by atoms with E-state index in [1.54, 1.807) is 29.3 Å². The number of nitrogens with one attached hydrogen (secondary N) is 1. The molecule has 6 nitrogen and oxygen atoms in total. The zero-order valence-corrected chi connectivity index (χ0v) is 20.6. The molecule has 1 aromatic rings. The Morgan fingerprint density at radius 2 is 2.15 bits per heavy atom. The number of carbonyl (C=O) groups is 1. The first-order valence-electron chi connectivity index (χ1n) is 12.1. The predicted octanol–water partition coefficient (Wildman–Crippen LogP) is 4.88. The zero-order valence-electron chi connectivity index (χ0n) is 20.6. The van der Waals surface area contributed by atoms with Crippen molar-refractivity contribution in [2.24, 2.45) is 5.92 Å². The highest BCUT2D eigenvalue weighted by molar-refractivity contribution is 5.85. The third kappa shape index (κ3) is 3.81. The third-order valence-electron chi connectivity index (χ3n) is 7.14. The lowest BCUT2D eigenvalue weighted by molar-refractivity contribution is 0.0263. The molecular weight excluding hydrogens is 431 g/mol. The van der Waals surface area contributed by atoms with E-state index in [0.717, 1.165) is 29.7 Å². The topological polar surface area (TPSA) is 57.7 Å². The van der Waals surface area contributed by atoms with Crippen LogP contribution in [-0.2, 0) is 4.74 Å². The SMILES string of the molecule is CCC1C2C3=C(N[C@@H]1C1=CCN(C(=O)OC(C)(C)C)CC1)c1ncccc1C(F)=CC3=CN2C. The monoisotopic (exact) mass is 464 g/mol. The molecule has 4 aliphatic rings. The summed E-state index contributed by atoms with van der Waals surface area (Å²) < 4.78 is 20.7. The number of carbonyl (C=O) groups excluding carboxylic acids is 1. The molecule has 5 rings (SSSR count). The maximum absolute atomic E-state index is 15.2. The van der Waals surface area contributed by atoms with Crippen molar-refractivity contribution >= 4 is 17.6 Å². The molecule has 3 aliphatic heterocycles. The van der Waals surface area contributed by atoms with Gasteiger partial charge >= 0.3 is 6.09 Å². The number of allylic oxidation sites excluding steroid dienone is 1. The van der Waals surface area contributed by atoms with Crippen LogP contribution in [0.3, 0.4) is 0 Å². The number of amides is 1. The molecule has 0 saturated heterocycles. The summed E-state index contributed by atoms with van der Waals surface area (Å²) >= 11 is 0. The van der Waals surface area contributed by atoms with Gasteiger partial charge in [0, 0.05) is 55.2 Å². The first-order valence-corrected chi connectivity index (χ1v) is 12.1. The molecule has 2 unspecified atom stereocenters. The van der Waals surface area contributed by atoms with Crippen LogP contribution < -0.4 is 5.32 Å². The number of hydrogen-bond donors (Lipinski definition) is 1. The number of pyridine rings is 1. The van der Waals surface area contributed by atoms with Gasteiger partial charge in [0.2, 0.25) is 0 Å². The Balaban J connectivity index is 1.49. The molecule has 0 aromatic carbocycles. The minimum atomic E-state index is -0.511. The summed E-state index contributed by atoms with van der Waals surface area (Å²) in [5, 5.41) is 3.79. The van der Waals surface area contributed by atoms with Crippen molar-refractivity contribution in [1.82, 2.24) is 20.1 Å². The van der Waals surface area contributed by atoms with Crippen LogP contribution in [0, 0.1) is 5.92 Å². The number of fused-ring (bicyclic) bond motifs is 2. The van der Waals surface area contributed by atoms with E-state index in [1.807, 2.05) is 20.8 Å². The number of nitrogens with zero attached hydrogens (tertiary/aromatic N) is 3. The summed E-state index contributed by atoms with van der Waals surface area (Å²) in [4.78, 5) is 21.1. The van der Waals surface area contributed by atoms with Crippen LogP contribution in [0.5, 0.6) is 0 Å². The molecule has 0 spiro atoms. The Hall–Kier alpha value is -3.09. The van der Waals surface area contributed by atoms with Gasteiger partial charge in [-0.25, -0.2) is 9.18 Å². The fraction of sp³-hybridized carbons (Fsp3) is 0.481. The lowest BCUT2D eigenvalue weighted by Gasteiger charge is -2.44. The smallest absolute Gasteiger partial charge is 0.410 e. The van der Waals surface area contributed by atoms with Crippen molar-refractivity contribution in [3.05, 3.63) is 64.7 Å². The molecule has 0 fully saturated rings. The lowest BCUT2D eigenvalue weighted by Crippen LogP contribution is -2.52. The molecule has 1 aliphatic carbocycles. The third-order valence-corrected chi connectivity index (χ3v) is 7.14. The highest BCUT2D eigenvalue weighted by Gasteiger charge is 2.46. The molecule has 1 amide bonds. The molecule has 4 heterocycles. The minimum absolute atomic E-state index is 0.0840. The Kier molecular flexibility index (Phi) is 5.53. The number of halogens is 1. The Bertz CT molecular complexity index is 1140. The van der Waals surface area contributed by atoms with Gasteiger partial charge in [-0.2, -0.15) is 0 Å². The lowest BCUT2D eigenvalue weighted by atomic mass is 9.75. The number of aromatic nitrogens is 1. The van der Waals surface area contributed by atoms with Crippen LogP contribution in [-0.4, -0.2) is 58.7 Å². The zero-order chi connectivity index (χ0) is 24.2. The van der Waals surface area contributed by atoms with Gasteiger partial charge in [-0.05, 0) is 57.4 Å². The molecule has 7 heteroatoms. The molecule has 0 saturated carbocycles. The summed E-state index contributed by atoms with van der Waals surface area (Å²) in [5.41, 5.74) is 4.93. The largest absolute Gasteiger partial charge is 0.444 e. The van der Waals surface area contributed by atoms with Crippen LogP contribution in [0.4, 0.5) is 9.18 Å². The maximum Gasteiger partial charge on any atom is 0.410 e. The second-order valence-corrected chi connectivity index (χ2v) is 10.5. The molecule has 1 aromatic heterocycles.